The van der Waals surface area contributed by atoms with E-state index in [1.807, 2.05) is 0 Å². The van der Waals surface area contributed by atoms with Crippen LogP contribution in [0.2, 0.25) is 0 Å². The van der Waals surface area contributed by atoms with Gasteiger partial charge in [0.1, 0.15) is 36.3 Å². The number of imidazole rings is 1. The van der Waals surface area contributed by atoms with E-state index in [2.05, 4.69) is 46.6 Å². The minimum Gasteiger partial charge on any atom is -0.386 e. The lowest BCUT2D eigenvalue weighted by molar-refractivity contribution is -0.137. The molecule has 1 fully saturated rings. The Labute approximate surface area is 312 Å². The molecule has 0 radical (unpaired) electrons. The number of carbonyl (C=O) groups is 2. The number of nitrogens with two attached hydrogens (primary N) is 1. The number of aliphatic hydroxyl groups excluding tert-OH is 2. The summed E-state index contributed by atoms with van der Waals surface area (Å²) in [4.78, 5) is 75.6. The number of rotatable bonds is 20. The molecule has 0 spiro atoms. The molecule has 304 valence electrons. The first kappa shape index (κ1) is 44.3. The molecule has 0 aromatic carbocycles. The average molecular weight is 848 g/mol. The second-order valence-corrected chi connectivity index (χ2v) is 18.5. The van der Waals surface area contributed by atoms with Crippen LogP contribution in [0.5, 0.6) is 0 Å². The monoisotopic (exact) mass is 847 g/mol. The summed E-state index contributed by atoms with van der Waals surface area (Å²) in [6.07, 6.45) is 0.742. The molecule has 23 nitrogen and oxygen atoms in total. The van der Waals surface area contributed by atoms with Crippen LogP contribution in [0, 0.1) is 5.41 Å². The van der Waals surface area contributed by atoms with E-state index in [0.29, 0.717) is 11.8 Å². The SMILES string of the molecule is CC(C)(COP(=O)(O)OP(=O)(O)OC[C@H]1O[C@@H](n2cnc3c(N)ncnc32)[C@H](O)[C@@H]1OP(=O)(O)O)[C@@H](O)C(=O)NCCC(=O)NCCSC1CC=CCC1. The number of amides is 2. The Bertz CT molecular complexity index is 1800. The van der Waals surface area contributed by atoms with Crippen molar-refractivity contribution in [3.8, 4) is 0 Å². The summed E-state index contributed by atoms with van der Waals surface area (Å²) in [6.45, 7) is 0.937. The molecule has 27 heteroatoms. The quantitative estimate of drug-likeness (QED) is 0.0490. The summed E-state index contributed by atoms with van der Waals surface area (Å²) in [5.41, 5.74) is 4.32. The summed E-state index contributed by atoms with van der Waals surface area (Å²) in [5, 5.41) is 27.1. The number of hydrogen-bond donors (Lipinski definition) is 9. The van der Waals surface area contributed by atoms with Gasteiger partial charge in [-0.25, -0.2) is 28.6 Å². The molecule has 4 rings (SSSR count). The molecule has 0 bridgehead atoms. The largest absolute Gasteiger partial charge is 0.481 e. The van der Waals surface area contributed by atoms with E-state index >= 15 is 0 Å². The number of nitrogens with zero attached hydrogens (tertiary/aromatic N) is 4. The standard InChI is InChI=1S/C27H44N7O16P3S/c1-27(2,22(37)25(38)30-9-8-18(35)29-10-11-54-16-6-4-3-5-7-16)13-47-53(44,45)50-52(42,43)46-12-17-21(49-51(39,40)41)20(36)26(48-17)34-15-33-19-23(28)31-14-32-24(19)34/h3-4,14-17,20-22,26,36-37H,5-13H2,1-2H3,(H,29,35)(H,30,38)(H,42,43)(H,44,45)(H2,28,31,32)(H2,39,40,41)/t16?,17-,20-,21-,22+,26-/m1/s1. The molecule has 3 unspecified atom stereocenters. The summed E-state index contributed by atoms with van der Waals surface area (Å²) >= 11 is 1.78. The molecule has 54 heavy (non-hydrogen) atoms. The molecule has 8 atom stereocenters. The van der Waals surface area contributed by atoms with Crippen molar-refractivity contribution in [1.82, 2.24) is 30.2 Å². The van der Waals surface area contributed by atoms with Crippen molar-refractivity contribution in [2.24, 2.45) is 5.41 Å². The smallest absolute Gasteiger partial charge is 0.386 e. The maximum absolute atomic E-state index is 12.7. The third kappa shape index (κ3) is 12.8. The molecular weight excluding hydrogens is 803 g/mol. The normalized spacial score (nSPS) is 24.9. The van der Waals surface area contributed by atoms with E-state index < -0.39 is 78.6 Å². The van der Waals surface area contributed by atoms with Crippen LogP contribution in [0.1, 0.15) is 45.8 Å². The van der Waals surface area contributed by atoms with Crippen LogP contribution in [0.3, 0.4) is 0 Å². The van der Waals surface area contributed by atoms with Gasteiger partial charge in [-0.05, 0) is 19.3 Å². The number of aliphatic hydroxyl groups is 2. The molecule has 1 saturated heterocycles. The van der Waals surface area contributed by atoms with Gasteiger partial charge < -0.3 is 50.9 Å². The van der Waals surface area contributed by atoms with Crippen LogP contribution in [-0.4, -0.2) is 123 Å². The molecule has 2 aromatic heterocycles. The van der Waals surface area contributed by atoms with Gasteiger partial charge in [-0.2, -0.15) is 16.1 Å². The summed E-state index contributed by atoms with van der Waals surface area (Å²) < 4.78 is 62.1. The molecule has 0 saturated carbocycles. The Hall–Kier alpha value is -2.37. The first-order valence-electron chi connectivity index (χ1n) is 16.3. The van der Waals surface area contributed by atoms with Crippen molar-refractivity contribution in [1.29, 1.82) is 0 Å². The van der Waals surface area contributed by atoms with Crippen LogP contribution in [-0.2, 0) is 45.9 Å². The van der Waals surface area contributed by atoms with Crippen LogP contribution < -0.4 is 16.4 Å². The summed E-state index contributed by atoms with van der Waals surface area (Å²) in [7, 11) is -16.3. The number of ether oxygens (including phenoxy) is 1. The summed E-state index contributed by atoms with van der Waals surface area (Å²) in [5.74, 6) is -0.524. The maximum atomic E-state index is 12.7. The number of aromatic nitrogens is 4. The van der Waals surface area contributed by atoms with Crippen molar-refractivity contribution >= 4 is 64.0 Å². The van der Waals surface area contributed by atoms with Gasteiger partial charge in [-0.1, -0.05) is 26.0 Å². The lowest BCUT2D eigenvalue weighted by Gasteiger charge is -2.30. The zero-order chi connectivity index (χ0) is 39.9. The highest BCUT2D eigenvalue weighted by Gasteiger charge is 2.50. The highest BCUT2D eigenvalue weighted by Crippen LogP contribution is 2.61. The van der Waals surface area contributed by atoms with E-state index in [9.17, 15) is 53.1 Å². The summed E-state index contributed by atoms with van der Waals surface area (Å²) in [6, 6.07) is 0. The van der Waals surface area contributed by atoms with Crippen LogP contribution in [0.4, 0.5) is 5.82 Å². The number of allylic oxidation sites excluding steroid dienone is 2. The van der Waals surface area contributed by atoms with Crippen LogP contribution in [0.25, 0.3) is 11.2 Å². The van der Waals surface area contributed by atoms with Gasteiger partial charge in [-0.15, -0.1) is 0 Å². The van der Waals surface area contributed by atoms with E-state index in [4.69, 9.17) is 19.5 Å². The molecule has 1 aliphatic heterocycles. The van der Waals surface area contributed by atoms with Crippen molar-refractivity contribution in [3.05, 3.63) is 24.8 Å². The van der Waals surface area contributed by atoms with Gasteiger partial charge >= 0.3 is 23.5 Å². The van der Waals surface area contributed by atoms with Gasteiger partial charge in [0, 0.05) is 35.9 Å². The van der Waals surface area contributed by atoms with E-state index in [1.165, 1.54) is 13.8 Å². The second kappa shape index (κ2) is 18.7. The van der Waals surface area contributed by atoms with Gasteiger partial charge in [0.25, 0.3) is 0 Å². The van der Waals surface area contributed by atoms with Crippen LogP contribution >= 0.6 is 35.2 Å². The Morgan fingerprint density at radius 3 is 2.50 bits per heavy atom. The van der Waals surface area contributed by atoms with Gasteiger partial charge in [-0.3, -0.25) is 27.7 Å². The Kier molecular flexibility index (Phi) is 15.4. The van der Waals surface area contributed by atoms with Crippen molar-refractivity contribution in [3.63, 3.8) is 0 Å². The van der Waals surface area contributed by atoms with Gasteiger partial charge in [0.15, 0.2) is 17.7 Å². The number of phosphoric ester groups is 3. The number of thioether (sulfide) groups is 1. The van der Waals surface area contributed by atoms with E-state index in [0.717, 1.165) is 42.2 Å². The van der Waals surface area contributed by atoms with Crippen LogP contribution in [0.15, 0.2) is 24.8 Å². The van der Waals surface area contributed by atoms with Crippen molar-refractivity contribution in [2.75, 3.05) is 37.8 Å². The zero-order valence-corrected chi connectivity index (χ0v) is 32.5. The number of fused-ring (bicyclic) bond motifs is 1. The predicted molar refractivity (Wildman–Crippen MR) is 189 cm³/mol. The van der Waals surface area contributed by atoms with Gasteiger partial charge in [0.05, 0.1) is 19.5 Å². The van der Waals surface area contributed by atoms with Crippen molar-refractivity contribution in [2.45, 2.75) is 75.4 Å². The minimum atomic E-state index is -5.55. The van der Waals surface area contributed by atoms with Crippen molar-refractivity contribution < 1.29 is 75.7 Å². The Balaban J connectivity index is 1.24. The topological polar surface area (TPSA) is 347 Å². The average Bonchev–Trinajstić information content (AvgIpc) is 3.65. The number of nitrogen functional groups attached to an aromatic ring is 1. The number of hydrogen-bond acceptors (Lipinski definition) is 17. The van der Waals surface area contributed by atoms with E-state index in [-0.39, 0.29) is 35.9 Å². The fraction of sp³-hybridized carbons (Fsp3) is 0.667. The number of phosphoric acid groups is 3. The second-order valence-electron chi connectivity index (χ2n) is 12.8. The fourth-order valence-corrected chi connectivity index (χ4v) is 9.21. The molecule has 2 amide bonds. The number of anilines is 1. The molecule has 3 heterocycles. The van der Waals surface area contributed by atoms with Gasteiger partial charge in [0.2, 0.25) is 11.8 Å². The third-order valence-corrected chi connectivity index (χ3v) is 12.5. The third-order valence-electron chi connectivity index (χ3n) is 8.08. The first-order valence-corrected chi connectivity index (χ1v) is 21.9. The molecule has 2 aromatic rings. The molecule has 2 aliphatic rings. The number of carbonyl (C=O) groups excluding carboxylic acids is 2. The molecule has 10 N–H and O–H groups in total. The number of nitrogens with one attached hydrogen (secondary N) is 2. The molecule has 1 aliphatic carbocycles. The first-order chi connectivity index (χ1) is 25.2. The highest BCUT2D eigenvalue weighted by atomic mass is 32.2. The Morgan fingerprint density at radius 1 is 1.09 bits per heavy atom. The lowest BCUT2D eigenvalue weighted by atomic mass is 9.87. The zero-order valence-electron chi connectivity index (χ0n) is 29.0. The molecular formula is C27H44N7O16P3S. The fourth-order valence-electron chi connectivity index (χ4n) is 5.27. The minimum absolute atomic E-state index is 0.0337. The van der Waals surface area contributed by atoms with E-state index in [1.54, 1.807) is 11.8 Å². The Morgan fingerprint density at radius 2 is 1.81 bits per heavy atom. The highest BCUT2D eigenvalue weighted by molar-refractivity contribution is 7.99. The maximum Gasteiger partial charge on any atom is 0.481 e. The predicted octanol–water partition coefficient (Wildman–Crippen LogP) is 0.247. The lowest BCUT2D eigenvalue weighted by Crippen LogP contribution is -2.46.